The fourth-order valence-corrected chi connectivity index (χ4v) is 4.76. The normalized spacial score (nSPS) is 19.0. The Hall–Kier alpha value is -2.67. The predicted octanol–water partition coefficient (Wildman–Crippen LogP) is 3.25. The summed E-state index contributed by atoms with van der Waals surface area (Å²) in [4.78, 5) is 5.17. The molecule has 0 amide bonds. The lowest BCUT2D eigenvalue weighted by Gasteiger charge is -2.27. The first-order chi connectivity index (χ1) is 14.3. The van der Waals surface area contributed by atoms with Gasteiger partial charge in [-0.05, 0) is 49.6 Å². The maximum Gasteiger partial charge on any atom is 0.200 e. The van der Waals surface area contributed by atoms with Crippen LogP contribution in [0.5, 0.6) is 5.75 Å². The van der Waals surface area contributed by atoms with Crippen molar-refractivity contribution in [3.63, 3.8) is 0 Å². The molecular formula is C22H28N6O. The van der Waals surface area contributed by atoms with Gasteiger partial charge in [-0.25, -0.2) is 0 Å². The van der Waals surface area contributed by atoms with Gasteiger partial charge in [0.05, 0.1) is 18.5 Å². The van der Waals surface area contributed by atoms with Crippen molar-refractivity contribution < 1.29 is 4.74 Å². The monoisotopic (exact) mass is 392 g/mol. The zero-order valence-electron chi connectivity index (χ0n) is 17.0. The van der Waals surface area contributed by atoms with Crippen molar-refractivity contribution >= 4 is 11.3 Å². The molecule has 29 heavy (non-hydrogen) atoms. The van der Waals surface area contributed by atoms with Crippen LogP contribution in [0.1, 0.15) is 32.1 Å². The van der Waals surface area contributed by atoms with Crippen LogP contribution in [0.15, 0.2) is 36.7 Å². The highest BCUT2D eigenvalue weighted by molar-refractivity contribution is 5.74. The van der Waals surface area contributed by atoms with Crippen molar-refractivity contribution in [2.75, 3.05) is 38.2 Å². The zero-order valence-corrected chi connectivity index (χ0v) is 17.0. The number of hydrogen-bond donors (Lipinski definition) is 0. The third-order valence-corrected chi connectivity index (χ3v) is 6.35. The first kappa shape index (κ1) is 18.4. The van der Waals surface area contributed by atoms with Gasteiger partial charge in [-0.2, -0.15) is 9.61 Å². The maximum atomic E-state index is 5.29. The van der Waals surface area contributed by atoms with E-state index < -0.39 is 0 Å². The minimum Gasteiger partial charge on any atom is -0.497 e. The van der Waals surface area contributed by atoms with Crippen LogP contribution in [0.25, 0.3) is 16.9 Å². The lowest BCUT2D eigenvalue weighted by Crippen LogP contribution is -2.37. The summed E-state index contributed by atoms with van der Waals surface area (Å²) in [6, 6.07) is 11.0. The van der Waals surface area contributed by atoms with Gasteiger partial charge >= 0.3 is 0 Å². The molecular weight excluding hydrogens is 364 g/mol. The van der Waals surface area contributed by atoms with Gasteiger partial charge in [0.2, 0.25) is 5.65 Å². The highest BCUT2D eigenvalue weighted by Crippen LogP contribution is 2.29. The maximum absolute atomic E-state index is 5.29. The number of fused-ring (bicyclic) bond motifs is 1. The third kappa shape index (κ3) is 3.67. The Balaban J connectivity index is 1.44. The Morgan fingerprint density at radius 3 is 2.59 bits per heavy atom. The standard InChI is InChI=1S/C22H28N6O/c1-29-19-9-7-17(8-10-19)20-15-21(22-24-23-16-28(22)25-20)27-12-4-11-26(13-14-27)18-5-2-3-6-18/h7-10,15-16,18H,2-6,11-14H2,1H3. The Morgan fingerprint density at radius 1 is 0.966 bits per heavy atom. The molecule has 1 saturated heterocycles. The number of benzene rings is 1. The second kappa shape index (κ2) is 7.99. The Kier molecular flexibility index (Phi) is 5.06. The first-order valence-corrected chi connectivity index (χ1v) is 10.7. The van der Waals surface area contributed by atoms with Gasteiger partial charge in [0.25, 0.3) is 0 Å². The number of methoxy groups -OCH3 is 1. The first-order valence-electron chi connectivity index (χ1n) is 10.7. The lowest BCUT2D eigenvalue weighted by atomic mass is 10.1. The van der Waals surface area contributed by atoms with Crippen LogP contribution in [-0.4, -0.2) is 64.0 Å². The molecule has 1 aromatic carbocycles. The summed E-state index contributed by atoms with van der Waals surface area (Å²) in [6.07, 6.45) is 8.38. The molecule has 0 atom stereocenters. The van der Waals surface area contributed by atoms with Gasteiger partial charge in [0.1, 0.15) is 12.1 Å². The van der Waals surface area contributed by atoms with E-state index in [4.69, 9.17) is 9.84 Å². The van der Waals surface area contributed by atoms with E-state index in [1.165, 1.54) is 38.6 Å². The number of anilines is 1. The molecule has 0 unspecified atom stereocenters. The highest BCUT2D eigenvalue weighted by atomic mass is 16.5. The molecule has 2 fully saturated rings. The largest absolute Gasteiger partial charge is 0.497 e. The summed E-state index contributed by atoms with van der Waals surface area (Å²) in [5, 5.41) is 13.2. The van der Waals surface area contributed by atoms with Gasteiger partial charge in [0.15, 0.2) is 0 Å². The highest BCUT2D eigenvalue weighted by Gasteiger charge is 2.26. The molecule has 5 rings (SSSR count). The molecule has 2 aromatic heterocycles. The quantitative estimate of drug-likeness (QED) is 0.679. The molecule has 0 N–H and O–H groups in total. The second-order valence-corrected chi connectivity index (χ2v) is 8.06. The van der Waals surface area contributed by atoms with Crippen LogP contribution >= 0.6 is 0 Å². The fourth-order valence-electron chi connectivity index (χ4n) is 4.76. The third-order valence-electron chi connectivity index (χ3n) is 6.35. The van der Waals surface area contributed by atoms with Crippen molar-refractivity contribution in [3.05, 3.63) is 36.7 Å². The van der Waals surface area contributed by atoms with E-state index in [0.29, 0.717) is 0 Å². The molecule has 0 radical (unpaired) electrons. The topological polar surface area (TPSA) is 58.8 Å². The van der Waals surface area contributed by atoms with Crippen molar-refractivity contribution in [1.29, 1.82) is 0 Å². The summed E-state index contributed by atoms with van der Waals surface area (Å²) >= 11 is 0. The zero-order chi connectivity index (χ0) is 19.6. The van der Waals surface area contributed by atoms with Gasteiger partial charge < -0.3 is 9.64 Å². The SMILES string of the molecule is COc1ccc(-c2cc(N3CCCN(C4CCCC4)CC3)c3nncn3n2)cc1. The summed E-state index contributed by atoms with van der Waals surface area (Å²) in [6.45, 7) is 4.37. The molecule has 0 spiro atoms. The molecule has 152 valence electrons. The Morgan fingerprint density at radius 2 is 1.79 bits per heavy atom. The number of ether oxygens (including phenoxy) is 1. The van der Waals surface area contributed by atoms with Crippen LogP contribution in [0, 0.1) is 0 Å². The number of nitrogens with zero attached hydrogens (tertiary/aromatic N) is 6. The second-order valence-electron chi connectivity index (χ2n) is 8.06. The van der Waals surface area contributed by atoms with Crippen LogP contribution in [0.4, 0.5) is 5.69 Å². The van der Waals surface area contributed by atoms with E-state index in [9.17, 15) is 0 Å². The summed E-state index contributed by atoms with van der Waals surface area (Å²) in [5.74, 6) is 0.846. The molecule has 3 heterocycles. The number of hydrogen-bond acceptors (Lipinski definition) is 6. The minimum atomic E-state index is 0.787. The summed E-state index contributed by atoms with van der Waals surface area (Å²) in [7, 11) is 1.68. The summed E-state index contributed by atoms with van der Waals surface area (Å²) < 4.78 is 7.09. The Bertz CT molecular complexity index is 963. The average Bonchev–Trinajstić information content (AvgIpc) is 3.41. The van der Waals surface area contributed by atoms with Crippen molar-refractivity contribution in [3.8, 4) is 17.0 Å². The molecule has 7 heteroatoms. The molecule has 7 nitrogen and oxygen atoms in total. The fraction of sp³-hybridized carbons (Fsp3) is 0.500. The molecule has 2 aliphatic rings. The number of aromatic nitrogens is 4. The van der Waals surface area contributed by atoms with E-state index >= 15 is 0 Å². The smallest absolute Gasteiger partial charge is 0.200 e. The number of rotatable bonds is 4. The van der Waals surface area contributed by atoms with Crippen LogP contribution in [0.3, 0.4) is 0 Å². The van der Waals surface area contributed by atoms with E-state index in [1.807, 2.05) is 24.3 Å². The Labute approximate surface area is 171 Å². The van der Waals surface area contributed by atoms with E-state index in [0.717, 1.165) is 54.0 Å². The summed E-state index contributed by atoms with van der Waals surface area (Å²) in [5.41, 5.74) is 3.94. The van der Waals surface area contributed by atoms with Gasteiger partial charge in [-0.15, -0.1) is 10.2 Å². The van der Waals surface area contributed by atoms with E-state index in [1.54, 1.807) is 18.0 Å². The van der Waals surface area contributed by atoms with Crippen molar-refractivity contribution in [2.45, 2.75) is 38.1 Å². The molecule has 0 bridgehead atoms. The molecule has 1 saturated carbocycles. The average molecular weight is 393 g/mol. The van der Waals surface area contributed by atoms with Gasteiger partial charge in [-0.1, -0.05) is 12.8 Å². The molecule has 1 aliphatic heterocycles. The predicted molar refractivity (Wildman–Crippen MR) is 113 cm³/mol. The van der Waals surface area contributed by atoms with Crippen molar-refractivity contribution in [2.24, 2.45) is 0 Å². The minimum absolute atomic E-state index is 0.787. The van der Waals surface area contributed by atoms with Crippen LogP contribution < -0.4 is 9.64 Å². The molecule has 1 aliphatic carbocycles. The van der Waals surface area contributed by atoms with Crippen LogP contribution in [-0.2, 0) is 0 Å². The molecule has 3 aromatic rings. The van der Waals surface area contributed by atoms with Gasteiger partial charge in [-0.3, -0.25) is 4.90 Å². The van der Waals surface area contributed by atoms with E-state index in [2.05, 4.69) is 26.1 Å². The van der Waals surface area contributed by atoms with Crippen molar-refractivity contribution in [1.82, 2.24) is 24.7 Å². The van der Waals surface area contributed by atoms with E-state index in [-0.39, 0.29) is 0 Å². The van der Waals surface area contributed by atoms with Gasteiger partial charge in [0, 0.05) is 37.8 Å². The van der Waals surface area contributed by atoms with Crippen LogP contribution in [0.2, 0.25) is 0 Å². The lowest BCUT2D eigenvalue weighted by molar-refractivity contribution is 0.213.